The summed E-state index contributed by atoms with van der Waals surface area (Å²) in [6.07, 6.45) is -3.28. The molecule has 2 saturated heterocycles. The first-order valence-electron chi connectivity index (χ1n) is 7.62. The van der Waals surface area contributed by atoms with Crippen LogP contribution in [0.1, 0.15) is 12.1 Å². The molecule has 1 atom stereocenters. The van der Waals surface area contributed by atoms with Crippen LogP contribution in [-0.4, -0.2) is 55.8 Å². The van der Waals surface area contributed by atoms with E-state index in [9.17, 15) is 13.2 Å². The third-order valence-corrected chi connectivity index (χ3v) is 4.26. The average Bonchev–Trinajstić information content (AvgIpc) is 3.00. The zero-order valence-electron chi connectivity index (χ0n) is 12.4. The van der Waals surface area contributed by atoms with Crippen molar-refractivity contribution in [3.05, 3.63) is 23.9 Å². The molecule has 0 radical (unpaired) electrons. The second-order valence-electron chi connectivity index (χ2n) is 5.90. The zero-order valence-corrected chi connectivity index (χ0v) is 12.4. The molecule has 0 N–H and O–H groups in total. The van der Waals surface area contributed by atoms with E-state index in [1.54, 1.807) is 6.07 Å². The molecule has 1 aromatic rings. The third kappa shape index (κ3) is 3.70. The molecule has 1 unspecified atom stereocenters. The van der Waals surface area contributed by atoms with Crippen LogP contribution in [0.2, 0.25) is 0 Å². The van der Waals surface area contributed by atoms with Crippen LogP contribution < -0.4 is 4.90 Å². The van der Waals surface area contributed by atoms with Crippen molar-refractivity contribution < 1.29 is 17.9 Å². The largest absolute Gasteiger partial charge is 0.433 e. The topological polar surface area (TPSA) is 28.6 Å². The first kappa shape index (κ1) is 15.6. The van der Waals surface area contributed by atoms with Crippen molar-refractivity contribution in [3.8, 4) is 0 Å². The lowest BCUT2D eigenvalue weighted by atomic mass is 10.1. The number of piperazine rings is 1. The lowest BCUT2D eigenvalue weighted by molar-refractivity contribution is -0.141. The molecule has 0 amide bonds. The van der Waals surface area contributed by atoms with Gasteiger partial charge in [0.05, 0.1) is 6.61 Å². The van der Waals surface area contributed by atoms with Crippen LogP contribution >= 0.6 is 0 Å². The van der Waals surface area contributed by atoms with Gasteiger partial charge in [-0.3, -0.25) is 4.90 Å². The Kier molecular flexibility index (Phi) is 4.54. The van der Waals surface area contributed by atoms with Crippen molar-refractivity contribution >= 4 is 5.82 Å². The summed E-state index contributed by atoms with van der Waals surface area (Å²) in [5, 5.41) is 0. The molecule has 4 nitrogen and oxygen atoms in total. The fourth-order valence-electron chi connectivity index (χ4n) is 3.01. The number of halogens is 3. The van der Waals surface area contributed by atoms with E-state index >= 15 is 0 Å². The van der Waals surface area contributed by atoms with Gasteiger partial charge >= 0.3 is 6.18 Å². The van der Waals surface area contributed by atoms with Gasteiger partial charge in [-0.1, -0.05) is 6.07 Å². The Bertz CT molecular complexity index is 495. The number of hydrogen-bond donors (Lipinski definition) is 0. The summed E-state index contributed by atoms with van der Waals surface area (Å²) in [5.74, 6) is 1.01. The maximum atomic E-state index is 12.7. The van der Waals surface area contributed by atoms with E-state index in [4.69, 9.17) is 4.74 Å². The lowest BCUT2D eigenvalue weighted by Gasteiger charge is -2.36. The summed E-state index contributed by atoms with van der Waals surface area (Å²) >= 11 is 0. The Balaban J connectivity index is 1.57. The number of pyridine rings is 1. The highest BCUT2D eigenvalue weighted by Gasteiger charge is 2.33. The van der Waals surface area contributed by atoms with Crippen LogP contribution in [0.3, 0.4) is 0 Å². The first-order valence-corrected chi connectivity index (χ1v) is 7.62. The molecule has 1 aromatic heterocycles. The van der Waals surface area contributed by atoms with E-state index < -0.39 is 11.9 Å². The monoisotopic (exact) mass is 315 g/mol. The molecular formula is C15H20F3N3O. The quantitative estimate of drug-likeness (QED) is 0.855. The molecule has 2 aliphatic rings. The molecule has 0 aliphatic carbocycles. The molecule has 0 aromatic carbocycles. The predicted octanol–water partition coefficient (Wildman–Crippen LogP) is 2.26. The van der Waals surface area contributed by atoms with Gasteiger partial charge in [-0.15, -0.1) is 0 Å². The Morgan fingerprint density at radius 2 is 1.95 bits per heavy atom. The molecule has 0 bridgehead atoms. The summed E-state index contributed by atoms with van der Waals surface area (Å²) in [6.45, 7) is 5.82. The van der Waals surface area contributed by atoms with E-state index in [1.807, 2.05) is 4.90 Å². The van der Waals surface area contributed by atoms with E-state index in [0.717, 1.165) is 45.3 Å². The summed E-state index contributed by atoms with van der Waals surface area (Å²) in [4.78, 5) is 8.05. The normalized spacial score (nSPS) is 24.0. The highest BCUT2D eigenvalue weighted by molar-refractivity contribution is 5.40. The molecule has 2 fully saturated rings. The fraction of sp³-hybridized carbons (Fsp3) is 0.667. The minimum absolute atomic E-state index is 0.415. The van der Waals surface area contributed by atoms with Gasteiger partial charge in [-0.05, 0) is 24.5 Å². The highest BCUT2D eigenvalue weighted by atomic mass is 19.4. The van der Waals surface area contributed by atoms with Crippen LogP contribution in [0.15, 0.2) is 18.2 Å². The number of nitrogens with zero attached hydrogens (tertiary/aromatic N) is 3. The summed E-state index contributed by atoms with van der Waals surface area (Å²) in [7, 11) is 0. The first-order chi connectivity index (χ1) is 10.5. The van der Waals surface area contributed by atoms with Crippen molar-refractivity contribution in [1.29, 1.82) is 0 Å². The molecule has 7 heteroatoms. The zero-order chi connectivity index (χ0) is 15.6. The third-order valence-electron chi connectivity index (χ3n) is 4.26. The number of ether oxygens (including phenoxy) is 1. The number of aromatic nitrogens is 1. The Labute approximate surface area is 127 Å². The predicted molar refractivity (Wildman–Crippen MR) is 76.8 cm³/mol. The molecule has 3 heterocycles. The maximum Gasteiger partial charge on any atom is 0.433 e. The second-order valence-corrected chi connectivity index (χ2v) is 5.90. The molecule has 0 spiro atoms. The Hall–Kier alpha value is -1.34. The van der Waals surface area contributed by atoms with Gasteiger partial charge in [0.15, 0.2) is 0 Å². The minimum atomic E-state index is -4.39. The molecule has 3 rings (SSSR count). The minimum Gasteiger partial charge on any atom is -0.381 e. The average molecular weight is 315 g/mol. The number of anilines is 1. The number of alkyl halides is 3. The Morgan fingerprint density at radius 3 is 2.59 bits per heavy atom. The fourth-order valence-corrected chi connectivity index (χ4v) is 3.01. The van der Waals surface area contributed by atoms with Crippen LogP contribution in [0, 0.1) is 5.92 Å². The highest BCUT2D eigenvalue weighted by Crippen LogP contribution is 2.29. The van der Waals surface area contributed by atoms with Crippen molar-refractivity contribution in [2.75, 3.05) is 50.8 Å². The summed E-state index contributed by atoms with van der Waals surface area (Å²) in [6, 6.07) is 4.09. The standard InChI is InChI=1S/C15H20F3N3O/c16-15(17,18)13-2-1-3-14(19-13)21-7-5-20(6-8-21)10-12-4-9-22-11-12/h1-3,12H,4-11H2. The Morgan fingerprint density at radius 1 is 1.18 bits per heavy atom. The maximum absolute atomic E-state index is 12.7. The second kappa shape index (κ2) is 6.42. The molecular weight excluding hydrogens is 295 g/mol. The van der Waals surface area contributed by atoms with E-state index in [1.165, 1.54) is 6.07 Å². The van der Waals surface area contributed by atoms with Gasteiger partial charge in [0.1, 0.15) is 11.5 Å². The van der Waals surface area contributed by atoms with E-state index in [2.05, 4.69) is 9.88 Å². The van der Waals surface area contributed by atoms with Crippen LogP contribution in [0.25, 0.3) is 0 Å². The summed E-state index contributed by atoms with van der Waals surface area (Å²) in [5.41, 5.74) is -0.824. The van der Waals surface area contributed by atoms with Crippen molar-refractivity contribution in [2.45, 2.75) is 12.6 Å². The van der Waals surface area contributed by atoms with Crippen molar-refractivity contribution in [2.24, 2.45) is 5.92 Å². The van der Waals surface area contributed by atoms with E-state index in [0.29, 0.717) is 24.8 Å². The van der Waals surface area contributed by atoms with Gasteiger partial charge in [-0.2, -0.15) is 13.2 Å². The van der Waals surface area contributed by atoms with Gasteiger partial charge in [-0.25, -0.2) is 4.98 Å². The van der Waals surface area contributed by atoms with Crippen LogP contribution in [0.5, 0.6) is 0 Å². The molecule has 2 aliphatic heterocycles. The summed E-state index contributed by atoms with van der Waals surface area (Å²) < 4.78 is 43.6. The van der Waals surface area contributed by atoms with E-state index in [-0.39, 0.29) is 0 Å². The SMILES string of the molecule is FC(F)(F)c1cccc(N2CCN(CC3CCOC3)CC2)n1. The molecule has 0 saturated carbocycles. The smallest absolute Gasteiger partial charge is 0.381 e. The van der Waals surface area contributed by atoms with Gasteiger partial charge in [0.2, 0.25) is 0 Å². The van der Waals surface area contributed by atoms with Crippen molar-refractivity contribution in [1.82, 2.24) is 9.88 Å². The lowest BCUT2D eigenvalue weighted by Crippen LogP contribution is -2.48. The van der Waals surface area contributed by atoms with Crippen molar-refractivity contribution in [3.63, 3.8) is 0 Å². The van der Waals surface area contributed by atoms with Crippen LogP contribution in [-0.2, 0) is 10.9 Å². The molecule has 22 heavy (non-hydrogen) atoms. The number of rotatable bonds is 3. The number of hydrogen-bond acceptors (Lipinski definition) is 4. The molecule has 122 valence electrons. The van der Waals surface area contributed by atoms with Crippen LogP contribution in [0.4, 0.5) is 19.0 Å². The van der Waals surface area contributed by atoms with Gasteiger partial charge in [0.25, 0.3) is 0 Å². The van der Waals surface area contributed by atoms with Gasteiger partial charge in [0, 0.05) is 39.3 Å². The van der Waals surface area contributed by atoms with Gasteiger partial charge < -0.3 is 9.64 Å².